The summed E-state index contributed by atoms with van der Waals surface area (Å²) >= 11 is 1.57. The summed E-state index contributed by atoms with van der Waals surface area (Å²) in [5.41, 5.74) is 0.388. The quantitative estimate of drug-likeness (QED) is 0.691. The lowest BCUT2D eigenvalue weighted by Crippen LogP contribution is -1.82. The maximum Gasteiger partial charge on any atom is 0.125 e. The van der Waals surface area contributed by atoms with E-state index in [9.17, 15) is 4.39 Å². The van der Waals surface area contributed by atoms with Gasteiger partial charge in [0.15, 0.2) is 0 Å². The molecule has 3 heteroatoms. The van der Waals surface area contributed by atoms with Crippen LogP contribution < -0.4 is 0 Å². The maximum atomic E-state index is 12.9. The molecule has 68 valence electrons. The van der Waals surface area contributed by atoms with E-state index in [0.717, 1.165) is 17.1 Å². The van der Waals surface area contributed by atoms with Crippen molar-refractivity contribution in [1.29, 1.82) is 5.26 Å². The summed E-state index contributed by atoms with van der Waals surface area (Å²) in [6.07, 6.45) is 1.04. The number of halogens is 1. The monoisotopic (exact) mass is 195 g/mol. The van der Waals surface area contributed by atoms with Crippen molar-refractivity contribution in [1.82, 2.24) is 0 Å². The van der Waals surface area contributed by atoms with Gasteiger partial charge < -0.3 is 0 Å². The van der Waals surface area contributed by atoms with Crippen LogP contribution in [0.4, 0.5) is 4.39 Å². The molecule has 1 aromatic carbocycles. The molecule has 0 aliphatic heterocycles. The Bertz CT molecular complexity index is 330. The minimum Gasteiger partial charge on any atom is -0.207 e. The first-order valence-electron chi connectivity index (χ1n) is 4.09. The largest absolute Gasteiger partial charge is 0.207 e. The predicted octanol–water partition coefficient (Wildman–Crippen LogP) is 3.20. The number of benzene rings is 1. The van der Waals surface area contributed by atoms with Crippen molar-refractivity contribution >= 4 is 11.8 Å². The Morgan fingerprint density at radius 2 is 2.23 bits per heavy atom. The number of thioether (sulfide) groups is 1. The van der Waals surface area contributed by atoms with E-state index in [1.165, 1.54) is 12.1 Å². The third-order valence-electron chi connectivity index (χ3n) is 1.47. The smallest absolute Gasteiger partial charge is 0.125 e. The predicted molar refractivity (Wildman–Crippen MR) is 52.1 cm³/mol. The molecule has 0 fully saturated rings. The highest BCUT2D eigenvalue weighted by Crippen LogP contribution is 2.21. The van der Waals surface area contributed by atoms with E-state index in [0.29, 0.717) is 5.56 Å². The molecule has 0 radical (unpaired) electrons. The number of rotatable bonds is 3. The second kappa shape index (κ2) is 4.88. The van der Waals surface area contributed by atoms with E-state index in [4.69, 9.17) is 5.26 Å². The summed E-state index contributed by atoms with van der Waals surface area (Å²) in [5.74, 6) is 0.617. The summed E-state index contributed by atoms with van der Waals surface area (Å²) in [7, 11) is 0. The van der Waals surface area contributed by atoms with Gasteiger partial charge in [0.05, 0.1) is 11.6 Å². The van der Waals surface area contributed by atoms with E-state index >= 15 is 0 Å². The van der Waals surface area contributed by atoms with Gasteiger partial charge in [-0.3, -0.25) is 0 Å². The molecule has 0 saturated heterocycles. The number of nitrogens with zero attached hydrogens (tertiary/aromatic N) is 1. The zero-order valence-electron chi connectivity index (χ0n) is 7.38. The van der Waals surface area contributed by atoms with Crippen molar-refractivity contribution in [2.75, 3.05) is 5.75 Å². The molecule has 0 bridgehead atoms. The van der Waals surface area contributed by atoms with Crippen LogP contribution in [-0.4, -0.2) is 5.75 Å². The van der Waals surface area contributed by atoms with Crippen LogP contribution >= 0.6 is 11.8 Å². The second-order valence-corrected chi connectivity index (χ2v) is 3.80. The van der Waals surface area contributed by atoms with Crippen molar-refractivity contribution in [3.8, 4) is 6.07 Å². The van der Waals surface area contributed by atoms with Gasteiger partial charge in [0.2, 0.25) is 0 Å². The Hall–Kier alpha value is -1.01. The second-order valence-electron chi connectivity index (χ2n) is 2.64. The van der Waals surface area contributed by atoms with Crippen LogP contribution in [0.5, 0.6) is 0 Å². The Balaban J connectivity index is 2.83. The van der Waals surface area contributed by atoms with E-state index in [1.807, 2.05) is 6.07 Å². The summed E-state index contributed by atoms with van der Waals surface area (Å²) in [6, 6.07) is 6.35. The lowest BCUT2D eigenvalue weighted by atomic mass is 10.2. The molecule has 1 aromatic rings. The first-order chi connectivity index (χ1) is 6.26. The molecule has 0 aliphatic carbocycles. The zero-order chi connectivity index (χ0) is 9.68. The van der Waals surface area contributed by atoms with Crippen molar-refractivity contribution in [2.24, 2.45) is 0 Å². The van der Waals surface area contributed by atoms with Crippen LogP contribution in [-0.2, 0) is 0 Å². The fourth-order valence-electron chi connectivity index (χ4n) is 0.931. The minimum absolute atomic E-state index is 0.336. The van der Waals surface area contributed by atoms with Gasteiger partial charge in [0, 0.05) is 4.90 Å². The SMILES string of the molecule is CCCSc1cc(F)cc(C#N)c1. The normalized spacial score (nSPS) is 9.62. The number of hydrogen-bond donors (Lipinski definition) is 0. The molecule has 13 heavy (non-hydrogen) atoms. The molecular formula is C10H10FNS. The van der Waals surface area contributed by atoms with Gasteiger partial charge in [-0.25, -0.2) is 4.39 Å². The van der Waals surface area contributed by atoms with Crippen LogP contribution in [0.25, 0.3) is 0 Å². The van der Waals surface area contributed by atoms with Crippen molar-refractivity contribution in [3.63, 3.8) is 0 Å². The summed E-state index contributed by atoms with van der Waals surface area (Å²) in [5, 5.41) is 8.59. The minimum atomic E-state index is -0.336. The van der Waals surface area contributed by atoms with E-state index < -0.39 is 0 Å². The summed E-state index contributed by atoms with van der Waals surface area (Å²) in [4.78, 5) is 0.832. The molecule has 0 heterocycles. The van der Waals surface area contributed by atoms with Crippen molar-refractivity contribution in [2.45, 2.75) is 18.2 Å². The highest BCUT2D eigenvalue weighted by Gasteiger charge is 1.99. The molecule has 0 atom stereocenters. The molecule has 1 nitrogen and oxygen atoms in total. The van der Waals surface area contributed by atoms with Crippen LogP contribution in [0.3, 0.4) is 0 Å². The first kappa shape index (κ1) is 10.1. The number of nitriles is 1. The third-order valence-corrected chi connectivity index (χ3v) is 2.65. The molecular weight excluding hydrogens is 185 g/mol. The Morgan fingerprint density at radius 3 is 2.85 bits per heavy atom. The third kappa shape index (κ3) is 3.08. The average Bonchev–Trinajstić information content (AvgIpc) is 2.14. The van der Waals surface area contributed by atoms with Gasteiger partial charge in [0.25, 0.3) is 0 Å². The molecule has 0 aliphatic rings. The molecule has 0 amide bonds. The van der Waals surface area contributed by atoms with Gasteiger partial charge in [-0.2, -0.15) is 5.26 Å². The van der Waals surface area contributed by atoms with Gasteiger partial charge in [-0.1, -0.05) is 6.92 Å². The molecule has 0 N–H and O–H groups in total. The van der Waals surface area contributed by atoms with Crippen LogP contribution in [0.2, 0.25) is 0 Å². The Morgan fingerprint density at radius 1 is 1.46 bits per heavy atom. The fourth-order valence-corrected chi connectivity index (χ4v) is 1.78. The lowest BCUT2D eigenvalue weighted by molar-refractivity contribution is 0.623. The van der Waals surface area contributed by atoms with Gasteiger partial charge in [-0.05, 0) is 30.4 Å². The highest BCUT2D eigenvalue weighted by atomic mass is 32.2. The molecule has 0 spiro atoms. The summed E-state index contributed by atoms with van der Waals surface area (Å²) < 4.78 is 12.9. The maximum absolute atomic E-state index is 12.9. The highest BCUT2D eigenvalue weighted by molar-refractivity contribution is 7.99. The van der Waals surface area contributed by atoms with Gasteiger partial charge >= 0.3 is 0 Å². The van der Waals surface area contributed by atoms with Crippen molar-refractivity contribution < 1.29 is 4.39 Å². The van der Waals surface area contributed by atoms with Gasteiger partial charge in [-0.15, -0.1) is 11.8 Å². The van der Waals surface area contributed by atoms with Crippen LogP contribution in [0.1, 0.15) is 18.9 Å². The fraction of sp³-hybridized carbons (Fsp3) is 0.300. The molecule has 0 saturated carbocycles. The average molecular weight is 195 g/mol. The van der Waals surface area contributed by atoms with Crippen LogP contribution in [0, 0.1) is 17.1 Å². The first-order valence-corrected chi connectivity index (χ1v) is 5.08. The molecule has 0 unspecified atom stereocenters. The van der Waals surface area contributed by atoms with E-state index in [-0.39, 0.29) is 5.82 Å². The lowest BCUT2D eigenvalue weighted by Gasteiger charge is -2.00. The Kier molecular flexibility index (Phi) is 3.78. The van der Waals surface area contributed by atoms with Crippen molar-refractivity contribution in [3.05, 3.63) is 29.6 Å². The molecule has 0 aromatic heterocycles. The van der Waals surface area contributed by atoms with E-state index in [1.54, 1.807) is 17.8 Å². The summed E-state index contributed by atoms with van der Waals surface area (Å²) in [6.45, 7) is 2.07. The standard InChI is InChI=1S/C10H10FNS/c1-2-3-13-10-5-8(7-12)4-9(11)6-10/h4-6H,2-3H2,1H3. The topological polar surface area (TPSA) is 23.8 Å². The van der Waals surface area contributed by atoms with E-state index in [2.05, 4.69) is 6.92 Å². The van der Waals surface area contributed by atoms with Crippen LogP contribution in [0.15, 0.2) is 23.1 Å². The zero-order valence-corrected chi connectivity index (χ0v) is 8.20. The molecule has 1 rings (SSSR count). The van der Waals surface area contributed by atoms with Gasteiger partial charge in [0.1, 0.15) is 5.82 Å². The number of hydrogen-bond acceptors (Lipinski definition) is 2. The Labute approximate surface area is 81.6 Å².